The van der Waals surface area contributed by atoms with Gasteiger partial charge < -0.3 is 10.1 Å². The average molecular weight is 312 g/mol. The SMILES string of the molecule is CNC1CCN(S(=O)(=O)c2cc(C)c(OC)cc2C)CC1. The molecule has 0 amide bonds. The van der Waals surface area contributed by atoms with Crippen LogP contribution in [0.2, 0.25) is 0 Å². The van der Waals surface area contributed by atoms with Crippen molar-refractivity contribution in [2.45, 2.75) is 37.6 Å². The van der Waals surface area contributed by atoms with Crippen LogP contribution in [0.15, 0.2) is 17.0 Å². The Morgan fingerprint density at radius 3 is 2.33 bits per heavy atom. The molecular weight excluding hydrogens is 288 g/mol. The molecule has 21 heavy (non-hydrogen) atoms. The highest BCUT2D eigenvalue weighted by molar-refractivity contribution is 7.89. The molecule has 0 atom stereocenters. The molecule has 6 heteroatoms. The molecule has 1 aromatic carbocycles. The Morgan fingerprint density at radius 2 is 1.81 bits per heavy atom. The summed E-state index contributed by atoms with van der Waals surface area (Å²) in [6.07, 6.45) is 1.70. The number of aryl methyl sites for hydroxylation is 2. The number of sulfonamides is 1. The molecule has 0 aliphatic carbocycles. The lowest BCUT2D eigenvalue weighted by atomic mass is 10.1. The summed E-state index contributed by atoms with van der Waals surface area (Å²) in [5.74, 6) is 0.723. The number of piperidine rings is 1. The van der Waals surface area contributed by atoms with Crippen molar-refractivity contribution in [3.63, 3.8) is 0 Å². The lowest BCUT2D eigenvalue weighted by Crippen LogP contribution is -2.44. The first-order valence-corrected chi connectivity index (χ1v) is 8.66. The summed E-state index contributed by atoms with van der Waals surface area (Å²) in [5.41, 5.74) is 1.57. The third kappa shape index (κ3) is 3.22. The molecular formula is C15H24N2O3S. The van der Waals surface area contributed by atoms with Gasteiger partial charge in [-0.2, -0.15) is 4.31 Å². The van der Waals surface area contributed by atoms with Gasteiger partial charge in [-0.25, -0.2) is 8.42 Å². The molecule has 0 spiro atoms. The van der Waals surface area contributed by atoms with Crippen LogP contribution < -0.4 is 10.1 Å². The second-order valence-electron chi connectivity index (χ2n) is 5.55. The minimum Gasteiger partial charge on any atom is -0.496 e. The van der Waals surface area contributed by atoms with Crippen LogP contribution in [0.1, 0.15) is 24.0 Å². The van der Waals surface area contributed by atoms with Crippen LogP contribution in [0.3, 0.4) is 0 Å². The Kier molecular flexibility index (Phi) is 4.91. The predicted octanol–water partition coefficient (Wildman–Crippen LogP) is 1.68. The average Bonchev–Trinajstić information content (AvgIpc) is 2.49. The zero-order valence-electron chi connectivity index (χ0n) is 13.1. The van der Waals surface area contributed by atoms with Gasteiger partial charge in [0.1, 0.15) is 5.75 Å². The third-order valence-electron chi connectivity index (χ3n) is 4.17. The lowest BCUT2D eigenvalue weighted by molar-refractivity contribution is 0.298. The van der Waals surface area contributed by atoms with E-state index in [1.165, 1.54) is 0 Å². The van der Waals surface area contributed by atoms with Crippen molar-refractivity contribution >= 4 is 10.0 Å². The number of hydrogen-bond donors (Lipinski definition) is 1. The van der Waals surface area contributed by atoms with Gasteiger partial charge in [-0.1, -0.05) is 0 Å². The second kappa shape index (κ2) is 6.34. The molecule has 2 rings (SSSR count). The Labute approximate surface area is 127 Å². The first-order chi connectivity index (χ1) is 9.90. The minimum absolute atomic E-state index is 0.392. The number of nitrogens with zero attached hydrogens (tertiary/aromatic N) is 1. The number of nitrogens with one attached hydrogen (secondary N) is 1. The van der Waals surface area contributed by atoms with E-state index in [1.54, 1.807) is 23.5 Å². The predicted molar refractivity (Wildman–Crippen MR) is 83.3 cm³/mol. The highest BCUT2D eigenvalue weighted by Gasteiger charge is 2.30. The molecule has 1 fully saturated rings. The number of methoxy groups -OCH3 is 1. The summed E-state index contributed by atoms with van der Waals surface area (Å²) in [4.78, 5) is 0.392. The second-order valence-corrected chi connectivity index (χ2v) is 7.46. The van der Waals surface area contributed by atoms with Gasteiger partial charge in [0.2, 0.25) is 10.0 Å². The van der Waals surface area contributed by atoms with E-state index in [0.717, 1.165) is 29.7 Å². The quantitative estimate of drug-likeness (QED) is 0.919. The number of ether oxygens (including phenoxy) is 1. The fourth-order valence-electron chi connectivity index (χ4n) is 2.78. The molecule has 0 radical (unpaired) electrons. The number of hydrogen-bond acceptors (Lipinski definition) is 4. The van der Waals surface area contributed by atoms with Crippen LogP contribution >= 0.6 is 0 Å². The van der Waals surface area contributed by atoms with E-state index < -0.39 is 10.0 Å². The molecule has 0 bridgehead atoms. The first-order valence-electron chi connectivity index (χ1n) is 7.22. The van der Waals surface area contributed by atoms with E-state index in [2.05, 4.69) is 5.32 Å². The van der Waals surface area contributed by atoms with Crippen molar-refractivity contribution in [3.05, 3.63) is 23.3 Å². The van der Waals surface area contributed by atoms with E-state index in [9.17, 15) is 8.42 Å². The standard InChI is InChI=1S/C15H24N2O3S/c1-11-10-15(12(2)9-14(11)20-4)21(18,19)17-7-5-13(16-3)6-8-17/h9-10,13,16H,5-8H2,1-4H3. The zero-order chi connectivity index (χ0) is 15.6. The van der Waals surface area contributed by atoms with Gasteiger partial charge in [0.05, 0.1) is 12.0 Å². The van der Waals surface area contributed by atoms with Crippen LogP contribution in [0, 0.1) is 13.8 Å². The summed E-state index contributed by atoms with van der Waals surface area (Å²) in [5, 5.41) is 3.21. The van der Waals surface area contributed by atoms with E-state index in [0.29, 0.717) is 24.0 Å². The maximum atomic E-state index is 12.8. The van der Waals surface area contributed by atoms with E-state index >= 15 is 0 Å². The van der Waals surface area contributed by atoms with Crippen LogP contribution in [0.5, 0.6) is 5.75 Å². The summed E-state index contributed by atoms with van der Waals surface area (Å²) in [6, 6.07) is 3.92. The molecule has 118 valence electrons. The van der Waals surface area contributed by atoms with Gasteiger partial charge in [0, 0.05) is 19.1 Å². The zero-order valence-corrected chi connectivity index (χ0v) is 14.0. The van der Waals surface area contributed by atoms with Crippen molar-refractivity contribution in [2.75, 3.05) is 27.2 Å². The van der Waals surface area contributed by atoms with E-state index in [4.69, 9.17) is 4.74 Å². The van der Waals surface area contributed by atoms with Gasteiger partial charge in [-0.05, 0) is 57.0 Å². The fraction of sp³-hybridized carbons (Fsp3) is 0.600. The summed E-state index contributed by atoms with van der Waals surface area (Å²) in [7, 11) is 0.0963. The molecule has 1 aliphatic rings. The van der Waals surface area contributed by atoms with Crippen molar-refractivity contribution in [1.29, 1.82) is 0 Å². The van der Waals surface area contributed by atoms with Crippen LogP contribution in [0.25, 0.3) is 0 Å². The Hall–Kier alpha value is -1.11. The summed E-state index contributed by atoms with van der Waals surface area (Å²) < 4.78 is 32.5. The maximum Gasteiger partial charge on any atom is 0.243 e. The smallest absolute Gasteiger partial charge is 0.243 e. The topological polar surface area (TPSA) is 58.6 Å². The number of benzene rings is 1. The Balaban J connectivity index is 2.30. The van der Waals surface area contributed by atoms with Crippen molar-refractivity contribution in [1.82, 2.24) is 9.62 Å². The fourth-order valence-corrected chi connectivity index (χ4v) is 4.55. The third-order valence-corrected chi connectivity index (χ3v) is 6.21. The lowest BCUT2D eigenvalue weighted by Gasteiger charge is -2.31. The van der Waals surface area contributed by atoms with E-state index in [1.807, 2.05) is 20.9 Å². The molecule has 0 unspecified atom stereocenters. The van der Waals surface area contributed by atoms with E-state index in [-0.39, 0.29) is 0 Å². The molecule has 5 nitrogen and oxygen atoms in total. The van der Waals surface area contributed by atoms with Gasteiger partial charge in [-0.15, -0.1) is 0 Å². The molecule has 1 saturated heterocycles. The minimum atomic E-state index is -3.42. The highest BCUT2D eigenvalue weighted by atomic mass is 32.2. The molecule has 1 heterocycles. The Bertz CT molecular complexity index is 606. The molecule has 1 N–H and O–H groups in total. The summed E-state index contributed by atoms with van der Waals surface area (Å²) >= 11 is 0. The monoisotopic (exact) mass is 312 g/mol. The molecule has 0 saturated carbocycles. The summed E-state index contributed by atoms with van der Waals surface area (Å²) in [6.45, 7) is 4.82. The van der Waals surface area contributed by atoms with Crippen LogP contribution in [-0.2, 0) is 10.0 Å². The molecule has 1 aromatic rings. The Morgan fingerprint density at radius 1 is 1.19 bits per heavy atom. The number of rotatable bonds is 4. The van der Waals surface area contributed by atoms with Gasteiger partial charge in [-0.3, -0.25) is 0 Å². The first kappa shape index (κ1) is 16.3. The van der Waals surface area contributed by atoms with Gasteiger partial charge in [0.25, 0.3) is 0 Å². The van der Waals surface area contributed by atoms with Crippen LogP contribution in [0.4, 0.5) is 0 Å². The highest BCUT2D eigenvalue weighted by Crippen LogP contribution is 2.29. The van der Waals surface area contributed by atoms with Crippen LogP contribution in [-0.4, -0.2) is 46.0 Å². The van der Waals surface area contributed by atoms with Gasteiger partial charge in [0.15, 0.2) is 0 Å². The van der Waals surface area contributed by atoms with Crippen molar-refractivity contribution in [2.24, 2.45) is 0 Å². The normalized spacial score (nSPS) is 17.9. The molecule has 1 aliphatic heterocycles. The maximum absolute atomic E-state index is 12.8. The van der Waals surface area contributed by atoms with Gasteiger partial charge >= 0.3 is 0 Å². The van der Waals surface area contributed by atoms with Crippen molar-refractivity contribution < 1.29 is 13.2 Å². The largest absolute Gasteiger partial charge is 0.496 e. The van der Waals surface area contributed by atoms with Crippen molar-refractivity contribution in [3.8, 4) is 5.75 Å². The molecule has 0 aromatic heterocycles.